The van der Waals surface area contributed by atoms with Gasteiger partial charge in [-0.2, -0.15) is 0 Å². The van der Waals surface area contributed by atoms with E-state index in [9.17, 15) is 0 Å². The van der Waals surface area contributed by atoms with Crippen LogP contribution in [0.2, 0.25) is 0 Å². The fourth-order valence-corrected chi connectivity index (χ4v) is 9.06. The van der Waals surface area contributed by atoms with E-state index >= 15 is 0 Å². The number of halogens is 3. The Balaban J connectivity index is 0. The van der Waals surface area contributed by atoms with Crippen molar-refractivity contribution in [2.45, 2.75) is 77.8 Å². The van der Waals surface area contributed by atoms with E-state index in [0.717, 1.165) is 0 Å². The average Bonchev–Trinajstić information content (AvgIpc) is 1.94. The van der Waals surface area contributed by atoms with Crippen LogP contribution in [-0.4, -0.2) is 15.5 Å². The molecular formula is C12H28Cl3NPTi. The molecule has 6 heteroatoms. The van der Waals surface area contributed by atoms with E-state index in [4.69, 9.17) is 33.1 Å². The van der Waals surface area contributed by atoms with Gasteiger partial charge in [-0.3, -0.25) is 0 Å². The second-order valence-electron chi connectivity index (χ2n) is 7.40. The number of hydrogen-bond donors (Lipinski definition) is 1. The van der Waals surface area contributed by atoms with Gasteiger partial charge in [-0.1, -0.05) is 62.3 Å². The zero-order valence-electron chi connectivity index (χ0n) is 13.1. The molecule has 1 nitrogen and oxygen atoms in total. The summed E-state index contributed by atoms with van der Waals surface area (Å²) in [5.74, 6) is 0. The molecule has 0 rings (SSSR count). The molecule has 18 heavy (non-hydrogen) atoms. The Hall–Kier alpha value is 1.81. The van der Waals surface area contributed by atoms with Crippen LogP contribution in [0.4, 0.5) is 0 Å². The quantitative estimate of drug-likeness (QED) is 0.343. The van der Waals surface area contributed by atoms with Crippen LogP contribution in [0.1, 0.15) is 62.3 Å². The van der Waals surface area contributed by atoms with Crippen LogP contribution in [0.5, 0.6) is 0 Å². The average molecular weight is 372 g/mol. The third-order valence-corrected chi connectivity index (χ3v) is 9.06. The Bertz CT molecular complexity index is 252. The third kappa shape index (κ3) is 6.07. The summed E-state index contributed by atoms with van der Waals surface area (Å²) in [4.78, 5) is 0. The van der Waals surface area contributed by atoms with E-state index in [1.807, 2.05) is 0 Å². The molecule has 0 aromatic heterocycles. The third-order valence-electron chi connectivity index (χ3n) is 3.02. The van der Waals surface area contributed by atoms with E-state index in [-0.39, 0.29) is 15.5 Å². The Labute approximate surface area is 132 Å². The fourth-order valence-electron chi connectivity index (χ4n) is 3.02. The van der Waals surface area contributed by atoms with Crippen molar-refractivity contribution >= 4 is 35.0 Å². The molecular weight excluding hydrogens is 343 g/mol. The summed E-state index contributed by atoms with van der Waals surface area (Å²) < 4.78 is 0. The zero-order chi connectivity index (χ0) is 15.6. The Morgan fingerprint density at radius 3 is 0.778 bits per heavy atom. The predicted octanol–water partition coefficient (Wildman–Crippen LogP) is 7.23. The summed E-state index contributed by atoms with van der Waals surface area (Å²) in [5.41, 5.74) is 0. The van der Waals surface area contributed by atoms with Crippen molar-refractivity contribution in [3.63, 3.8) is 0 Å². The summed E-state index contributed by atoms with van der Waals surface area (Å²) in [6, 6.07) is 0. The Morgan fingerprint density at radius 2 is 0.778 bits per heavy atom. The van der Waals surface area contributed by atoms with Crippen molar-refractivity contribution in [1.29, 1.82) is 5.16 Å². The standard InChI is InChI=1S/C12H28NP.3ClH.Ti/c1-10(2,3)14(13,11(4,5)6)12(7,8)9;;;;/h13H,1-9H3;3*1H;/q;;;;+3/p-3. The van der Waals surface area contributed by atoms with Gasteiger partial charge in [0.05, 0.1) is 0 Å². The van der Waals surface area contributed by atoms with E-state index in [1.54, 1.807) is 0 Å². The van der Waals surface area contributed by atoms with Gasteiger partial charge in [0.1, 0.15) is 0 Å². The molecule has 0 amide bonds. The van der Waals surface area contributed by atoms with Crippen LogP contribution in [-0.2, 0) is 14.7 Å². The molecule has 0 aromatic carbocycles. The van der Waals surface area contributed by atoms with Gasteiger partial charge in [-0.25, -0.2) is 0 Å². The fraction of sp³-hybridized carbons (Fsp3) is 1.00. The number of nitrogens with one attached hydrogen (secondary N) is 1. The van der Waals surface area contributed by atoms with Gasteiger partial charge in [0.25, 0.3) is 0 Å². The van der Waals surface area contributed by atoms with Crippen LogP contribution in [0.3, 0.4) is 0 Å². The maximum atomic E-state index is 8.99. The van der Waals surface area contributed by atoms with E-state index in [0.29, 0.717) is 0 Å². The second-order valence-corrected chi connectivity index (χ2v) is 20.5. The minimum atomic E-state index is -1.92. The first-order valence-corrected chi connectivity index (χ1v) is 14.2. The summed E-state index contributed by atoms with van der Waals surface area (Å²) in [6.45, 7) is 20.0. The van der Waals surface area contributed by atoms with Crippen molar-refractivity contribution in [1.82, 2.24) is 0 Å². The van der Waals surface area contributed by atoms with Gasteiger partial charge in [0, 0.05) is 0 Å². The van der Waals surface area contributed by atoms with E-state index in [2.05, 4.69) is 62.3 Å². The molecule has 0 aliphatic heterocycles. The van der Waals surface area contributed by atoms with Gasteiger partial charge in [-0.05, 0) is 22.5 Å². The second kappa shape index (κ2) is 7.19. The molecule has 0 atom stereocenters. The topological polar surface area (TPSA) is 23.9 Å². The van der Waals surface area contributed by atoms with Gasteiger partial charge >= 0.3 is 42.6 Å². The molecule has 0 bridgehead atoms. The van der Waals surface area contributed by atoms with Crippen LogP contribution in [0, 0.1) is 5.16 Å². The number of rotatable bonds is 0. The first-order valence-electron chi connectivity index (χ1n) is 5.96. The molecule has 0 aliphatic rings. The van der Waals surface area contributed by atoms with Crippen LogP contribution in [0.25, 0.3) is 0 Å². The van der Waals surface area contributed by atoms with E-state index in [1.165, 1.54) is 0 Å². The van der Waals surface area contributed by atoms with Crippen LogP contribution < -0.4 is 0 Å². The molecule has 0 radical (unpaired) electrons. The molecule has 0 aliphatic carbocycles. The van der Waals surface area contributed by atoms with Crippen LogP contribution >= 0.6 is 35.0 Å². The van der Waals surface area contributed by atoms with Gasteiger partial charge in [0.15, 0.2) is 0 Å². The van der Waals surface area contributed by atoms with Crippen molar-refractivity contribution in [2.24, 2.45) is 0 Å². The maximum absolute atomic E-state index is 8.99. The zero-order valence-corrected chi connectivity index (χ0v) is 17.8. The van der Waals surface area contributed by atoms with E-state index < -0.39 is 21.7 Å². The first-order chi connectivity index (χ1) is 7.48. The molecule has 0 unspecified atom stereocenters. The molecule has 0 spiro atoms. The summed E-state index contributed by atoms with van der Waals surface area (Å²) in [7, 11) is 13.1. The van der Waals surface area contributed by atoms with Gasteiger partial charge < -0.3 is 5.16 Å². The monoisotopic (exact) mass is 370 g/mol. The van der Waals surface area contributed by atoms with Crippen LogP contribution in [0.15, 0.2) is 0 Å². The molecule has 0 saturated carbocycles. The van der Waals surface area contributed by atoms with Crippen molar-refractivity contribution in [3.8, 4) is 0 Å². The molecule has 1 N–H and O–H groups in total. The SMILES string of the molecule is CC(C)(C)P(=N)(C(C)(C)C)C(C)(C)C.[Cl][Ti]([Cl])[Cl]. The predicted molar refractivity (Wildman–Crippen MR) is 86.5 cm³/mol. The molecule has 0 aromatic rings. The van der Waals surface area contributed by atoms with Gasteiger partial charge in [0.2, 0.25) is 0 Å². The summed E-state index contributed by atoms with van der Waals surface area (Å²) in [5, 5.41) is 9.29. The first kappa shape index (κ1) is 22.1. The summed E-state index contributed by atoms with van der Waals surface area (Å²) in [6.07, 6.45) is 0. The minimum absolute atomic E-state index is 0.101. The molecule has 0 saturated heterocycles. The number of hydrogen-bond acceptors (Lipinski definition) is 1. The normalized spacial score (nSPS) is 13.8. The van der Waals surface area contributed by atoms with Crippen molar-refractivity contribution < 1.29 is 14.7 Å². The van der Waals surface area contributed by atoms with Crippen molar-refractivity contribution in [2.75, 3.05) is 0 Å². The molecule has 0 heterocycles. The van der Waals surface area contributed by atoms with Gasteiger partial charge in [-0.15, -0.1) is 0 Å². The van der Waals surface area contributed by atoms with Crippen molar-refractivity contribution in [3.05, 3.63) is 0 Å². The molecule has 0 fully saturated rings. The Morgan fingerprint density at radius 1 is 0.667 bits per heavy atom. The Kier molecular flexibility index (Phi) is 8.83. The molecule has 111 valence electrons. The summed E-state index contributed by atoms with van der Waals surface area (Å²) >= 11 is -1.92.